The van der Waals surface area contributed by atoms with Crippen LogP contribution in [0.3, 0.4) is 0 Å². The first kappa shape index (κ1) is 15.0. The molecule has 0 aromatic heterocycles. The van der Waals surface area contributed by atoms with Gasteiger partial charge in [-0.2, -0.15) is 0 Å². The molecule has 4 heteroatoms. The minimum absolute atomic E-state index is 0.159. The Bertz CT molecular complexity index is 346. The smallest absolute Gasteiger partial charge is 0.0662 e. The van der Waals surface area contributed by atoms with Crippen LogP contribution >= 0.6 is 27.5 Å². The highest BCUT2D eigenvalue weighted by Crippen LogP contribution is 2.26. The van der Waals surface area contributed by atoms with E-state index >= 15 is 0 Å². The zero-order valence-electron chi connectivity index (χ0n) is 10.3. The maximum atomic E-state index is 6.25. The van der Waals surface area contributed by atoms with Crippen LogP contribution in [0, 0.1) is 0 Å². The van der Waals surface area contributed by atoms with Crippen molar-refractivity contribution in [2.24, 2.45) is 0 Å². The van der Waals surface area contributed by atoms with Gasteiger partial charge in [0.2, 0.25) is 0 Å². The van der Waals surface area contributed by atoms with E-state index in [1.54, 1.807) is 0 Å². The molecule has 0 aliphatic heterocycles. The fourth-order valence-corrected chi connectivity index (χ4v) is 2.44. The highest BCUT2D eigenvalue weighted by molar-refractivity contribution is 9.10. The van der Waals surface area contributed by atoms with Gasteiger partial charge in [-0.3, -0.25) is 0 Å². The Kier molecular flexibility index (Phi) is 7.12. The molecule has 0 aliphatic carbocycles. The second-order valence-electron chi connectivity index (χ2n) is 3.85. The van der Waals surface area contributed by atoms with E-state index in [0.717, 1.165) is 34.6 Å². The van der Waals surface area contributed by atoms with Crippen molar-refractivity contribution in [3.8, 4) is 0 Å². The highest BCUT2D eigenvalue weighted by Gasteiger charge is 2.13. The fourth-order valence-electron chi connectivity index (χ4n) is 1.63. The molecule has 0 amide bonds. The molecule has 0 spiro atoms. The summed E-state index contributed by atoms with van der Waals surface area (Å²) in [4.78, 5) is 0. The maximum absolute atomic E-state index is 6.25. The predicted molar refractivity (Wildman–Crippen MR) is 76.7 cm³/mol. The van der Waals surface area contributed by atoms with Crippen LogP contribution in [0.1, 0.15) is 31.9 Å². The van der Waals surface area contributed by atoms with E-state index in [2.05, 4.69) is 35.1 Å². The molecule has 0 saturated heterocycles. The quantitative estimate of drug-likeness (QED) is 0.761. The molecule has 1 aromatic rings. The lowest BCUT2D eigenvalue weighted by molar-refractivity contribution is 0.112. The Labute approximate surface area is 117 Å². The van der Waals surface area contributed by atoms with Gasteiger partial charge < -0.3 is 10.1 Å². The molecule has 0 radical (unpaired) electrons. The molecular formula is C13H19BrClNO. The summed E-state index contributed by atoms with van der Waals surface area (Å²) in [6.45, 7) is 6.53. The molecule has 17 heavy (non-hydrogen) atoms. The minimum atomic E-state index is 0.159. The molecule has 1 rings (SSSR count). The molecule has 0 aliphatic rings. The van der Waals surface area contributed by atoms with Gasteiger partial charge in [-0.1, -0.05) is 47.4 Å². The van der Waals surface area contributed by atoms with Gasteiger partial charge in [-0.25, -0.2) is 0 Å². The van der Waals surface area contributed by atoms with Crippen LogP contribution in [0.15, 0.2) is 22.7 Å². The van der Waals surface area contributed by atoms with Crippen LogP contribution in [0.25, 0.3) is 0 Å². The number of halogens is 2. The highest BCUT2D eigenvalue weighted by atomic mass is 79.9. The monoisotopic (exact) mass is 319 g/mol. The number of hydrogen-bond acceptors (Lipinski definition) is 2. The number of hydrogen-bond donors (Lipinski definition) is 1. The molecule has 2 nitrogen and oxygen atoms in total. The number of nitrogens with one attached hydrogen (secondary N) is 1. The average molecular weight is 321 g/mol. The van der Waals surface area contributed by atoms with Crippen LogP contribution in [-0.2, 0) is 4.74 Å². The van der Waals surface area contributed by atoms with E-state index in [1.165, 1.54) is 0 Å². The van der Waals surface area contributed by atoms with E-state index < -0.39 is 0 Å². The van der Waals surface area contributed by atoms with E-state index in [0.29, 0.717) is 6.61 Å². The van der Waals surface area contributed by atoms with Gasteiger partial charge in [0.15, 0.2) is 0 Å². The lowest BCUT2D eigenvalue weighted by Gasteiger charge is -2.19. The number of likely N-dealkylation sites (N-methyl/N-ethyl adjacent to an activating group) is 1. The summed E-state index contributed by atoms with van der Waals surface area (Å²) in [5.41, 5.74) is 1.09. The van der Waals surface area contributed by atoms with Gasteiger partial charge in [0.1, 0.15) is 0 Å². The predicted octanol–water partition coefficient (Wildman–Crippen LogP) is 4.18. The van der Waals surface area contributed by atoms with E-state index in [9.17, 15) is 0 Å². The normalized spacial score (nSPS) is 12.7. The summed E-state index contributed by atoms with van der Waals surface area (Å²) in [5, 5.41) is 4.16. The SMILES string of the molecule is CCCOCC(NCC)c1ccc(Br)cc1Cl. The molecular weight excluding hydrogens is 302 g/mol. The van der Waals surface area contributed by atoms with Crippen LogP contribution in [0.5, 0.6) is 0 Å². The van der Waals surface area contributed by atoms with Gasteiger partial charge in [0.05, 0.1) is 12.6 Å². The first-order valence-electron chi connectivity index (χ1n) is 5.95. The Hall–Kier alpha value is -0.0900. The fraction of sp³-hybridized carbons (Fsp3) is 0.538. The zero-order chi connectivity index (χ0) is 12.7. The Morgan fingerprint density at radius 3 is 2.76 bits per heavy atom. The van der Waals surface area contributed by atoms with E-state index in [-0.39, 0.29) is 6.04 Å². The largest absolute Gasteiger partial charge is 0.379 e. The van der Waals surface area contributed by atoms with Crippen molar-refractivity contribution >= 4 is 27.5 Å². The topological polar surface area (TPSA) is 21.3 Å². The maximum Gasteiger partial charge on any atom is 0.0662 e. The van der Waals surface area contributed by atoms with Crippen molar-refractivity contribution in [2.75, 3.05) is 19.8 Å². The Morgan fingerprint density at radius 1 is 1.41 bits per heavy atom. The van der Waals surface area contributed by atoms with Crippen LogP contribution in [0.2, 0.25) is 5.02 Å². The molecule has 96 valence electrons. The summed E-state index contributed by atoms with van der Waals surface area (Å²) in [7, 11) is 0. The molecule has 1 N–H and O–H groups in total. The van der Waals surface area contributed by atoms with Crippen LogP contribution < -0.4 is 5.32 Å². The summed E-state index contributed by atoms with van der Waals surface area (Å²) in [6.07, 6.45) is 1.03. The molecule has 1 atom stereocenters. The standard InChI is InChI=1S/C13H19BrClNO/c1-3-7-17-9-13(16-4-2)11-6-5-10(14)8-12(11)15/h5-6,8,13,16H,3-4,7,9H2,1-2H3. The van der Waals surface area contributed by atoms with E-state index in [1.807, 2.05) is 18.2 Å². The molecule has 0 heterocycles. The first-order valence-corrected chi connectivity index (χ1v) is 7.12. The molecule has 0 bridgehead atoms. The van der Waals surface area contributed by atoms with Gasteiger partial charge in [-0.05, 0) is 30.7 Å². The third-order valence-electron chi connectivity index (χ3n) is 2.42. The number of rotatable bonds is 7. The minimum Gasteiger partial charge on any atom is -0.379 e. The first-order chi connectivity index (χ1) is 8.19. The molecule has 0 saturated carbocycles. The van der Waals surface area contributed by atoms with Crippen molar-refractivity contribution in [3.05, 3.63) is 33.3 Å². The summed E-state index contributed by atoms with van der Waals surface area (Å²) < 4.78 is 6.60. The average Bonchev–Trinajstić information content (AvgIpc) is 2.28. The third-order valence-corrected chi connectivity index (χ3v) is 3.24. The lowest BCUT2D eigenvalue weighted by atomic mass is 10.1. The van der Waals surface area contributed by atoms with Crippen LogP contribution in [0.4, 0.5) is 0 Å². The Balaban J connectivity index is 2.74. The van der Waals surface area contributed by atoms with Gasteiger partial charge in [-0.15, -0.1) is 0 Å². The summed E-state index contributed by atoms with van der Waals surface area (Å²) in [5.74, 6) is 0. The Morgan fingerprint density at radius 2 is 2.18 bits per heavy atom. The van der Waals surface area contributed by atoms with Gasteiger partial charge in [0.25, 0.3) is 0 Å². The zero-order valence-corrected chi connectivity index (χ0v) is 12.6. The van der Waals surface area contributed by atoms with Crippen molar-refractivity contribution < 1.29 is 4.74 Å². The summed E-state index contributed by atoms with van der Waals surface area (Å²) in [6, 6.07) is 6.12. The van der Waals surface area contributed by atoms with E-state index in [4.69, 9.17) is 16.3 Å². The summed E-state index contributed by atoms with van der Waals surface area (Å²) >= 11 is 9.66. The van der Waals surface area contributed by atoms with Crippen molar-refractivity contribution in [2.45, 2.75) is 26.3 Å². The number of benzene rings is 1. The lowest BCUT2D eigenvalue weighted by Crippen LogP contribution is -2.25. The van der Waals surface area contributed by atoms with Crippen LogP contribution in [-0.4, -0.2) is 19.8 Å². The second kappa shape index (κ2) is 8.09. The van der Waals surface area contributed by atoms with Gasteiger partial charge in [0, 0.05) is 16.1 Å². The molecule has 1 unspecified atom stereocenters. The van der Waals surface area contributed by atoms with Gasteiger partial charge >= 0.3 is 0 Å². The number of ether oxygens (including phenoxy) is 1. The van der Waals surface area contributed by atoms with Crippen molar-refractivity contribution in [1.82, 2.24) is 5.32 Å². The second-order valence-corrected chi connectivity index (χ2v) is 5.17. The molecule has 1 aromatic carbocycles. The molecule has 0 fully saturated rings. The third kappa shape index (κ3) is 4.96. The van der Waals surface area contributed by atoms with Crippen molar-refractivity contribution in [1.29, 1.82) is 0 Å². The van der Waals surface area contributed by atoms with Crippen molar-refractivity contribution in [3.63, 3.8) is 0 Å².